The van der Waals surface area contributed by atoms with E-state index >= 15 is 0 Å². The molecule has 2 amide bonds. The zero-order valence-electron chi connectivity index (χ0n) is 13.6. The number of methoxy groups -OCH3 is 1. The third-order valence-corrected chi connectivity index (χ3v) is 3.84. The lowest BCUT2D eigenvalue weighted by molar-refractivity contribution is 0.0600. The van der Waals surface area contributed by atoms with Crippen LogP contribution in [0.1, 0.15) is 22.8 Å². The number of esters is 1. The van der Waals surface area contributed by atoms with Gasteiger partial charge in [0, 0.05) is 13.1 Å². The van der Waals surface area contributed by atoms with Crippen molar-refractivity contribution >= 4 is 29.3 Å². The first kappa shape index (κ1) is 17.8. The second-order valence-corrected chi connectivity index (χ2v) is 5.52. The van der Waals surface area contributed by atoms with E-state index in [2.05, 4.69) is 10.1 Å². The van der Waals surface area contributed by atoms with Crippen LogP contribution in [0.5, 0.6) is 0 Å². The van der Waals surface area contributed by atoms with Gasteiger partial charge in [0.1, 0.15) is 0 Å². The maximum atomic E-state index is 12.5. The number of amides is 2. The molecule has 0 fully saturated rings. The maximum Gasteiger partial charge on any atom is 0.337 e. The summed E-state index contributed by atoms with van der Waals surface area (Å²) < 4.78 is 4.68. The first-order valence-corrected chi connectivity index (χ1v) is 7.90. The van der Waals surface area contributed by atoms with Crippen LogP contribution in [0.15, 0.2) is 48.5 Å². The lowest BCUT2D eigenvalue weighted by Crippen LogP contribution is -2.34. The Morgan fingerprint density at radius 3 is 2.50 bits per heavy atom. The minimum Gasteiger partial charge on any atom is -0.465 e. The average molecular weight is 347 g/mol. The summed E-state index contributed by atoms with van der Waals surface area (Å²) in [6, 6.07) is 14.0. The number of carbonyl (C=O) groups is 2. The van der Waals surface area contributed by atoms with E-state index in [4.69, 9.17) is 11.6 Å². The van der Waals surface area contributed by atoms with E-state index in [0.717, 1.165) is 5.56 Å². The van der Waals surface area contributed by atoms with Gasteiger partial charge in [-0.05, 0) is 30.7 Å². The summed E-state index contributed by atoms with van der Waals surface area (Å²) in [5, 5.41) is 3.10. The Morgan fingerprint density at radius 2 is 1.88 bits per heavy atom. The molecule has 0 aliphatic rings. The second-order valence-electron chi connectivity index (χ2n) is 5.12. The van der Waals surface area contributed by atoms with E-state index in [1.54, 1.807) is 17.0 Å². The third kappa shape index (κ3) is 4.49. The number of hydrogen-bond donors (Lipinski definition) is 1. The highest BCUT2D eigenvalue weighted by molar-refractivity contribution is 6.33. The molecular weight excluding hydrogens is 328 g/mol. The van der Waals surface area contributed by atoms with E-state index in [-0.39, 0.29) is 6.03 Å². The molecule has 2 aromatic rings. The molecule has 126 valence electrons. The molecule has 0 radical (unpaired) electrons. The van der Waals surface area contributed by atoms with Crippen molar-refractivity contribution < 1.29 is 14.3 Å². The van der Waals surface area contributed by atoms with Crippen molar-refractivity contribution in [1.29, 1.82) is 0 Å². The number of nitrogens with zero attached hydrogens (tertiary/aromatic N) is 1. The number of ether oxygens (including phenoxy) is 1. The van der Waals surface area contributed by atoms with Gasteiger partial charge in [0.25, 0.3) is 0 Å². The smallest absolute Gasteiger partial charge is 0.337 e. The summed E-state index contributed by atoms with van der Waals surface area (Å²) in [5.74, 6) is -0.487. The van der Waals surface area contributed by atoms with Crippen molar-refractivity contribution in [2.75, 3.05) is 19.0 Å². The molecular formula is C18H19ClN2O3. The molecule has 1 N–H and O–H groups in total. The average Bonchev–Trinajstić information content (AvgIpc) is 2.61. The van der Waals surface area contributed by atoms with E-state index < -0.39 is 5.97 Å². The normalized spacial score (nSPS) is 10.1. The minimum atomic E-state index is -0.487. The van der Waals surface area contributed by atoms with Gasteiger partial charge >= 0.3 is 12.0 Å². The summed E-state index contributed by atoms with van der Waals surface area (Å²) in [5.41, 5.74) is 1.73. The molecule has 0 aliphatic heterocycles. The van der Waals surface area contributed by atoms with Crippen molar-refractivity contribution in [3.63, 3.8) is 0 Å². The molecule has 2 rings (SSSR count). The first-order valence-electron chi connectivity index (χ1n) is 7.53. The van der Waals surface area contributed by atoms with Crippen LogP contribution in [0, 0.1) is 0 Å². The Balaban J connectivity index is 2.13. The number of nitrogens with one attached hydrogen (secondary N) is 1. The Bertz CT molecular complexity index is 719. The number of hydrogen-bond acceptors (Lipinski definition) is 3. The van der Waals surface area contributed by atoms with E-state index in [1.807, 2.05) is 37.3 Å². The van der Waals surface area contributed by atoms with Crippen molar-refractivity contribution in [3.05, 3.63) is 64.7 Å². The van der Waals surface area contributed by atoms with Gasteiger partial charge in [-0.2, -0.15) is 0 Å². The second kappa shape index (κ2) is 8.36. The summed E-state index contributed by atoms with van der Waals surface area (Å²) in [7, 11) is 1.30. The molecule has 0 unspecified atom stereocenters. The van der Waals surface area contributed by atoms with Crippen molar-refractivity contribution in [1.82, 2.24) is 4.90 Å². The molecule has 0 atom stereocenters. The van der Waals surface area contributed by atoms with Crippen LogP contribution in [-0.2, 0) is 11.3 Å². The maximum absolute atomic E-state index is 12.5. The molecule has 0 spiro atoms. The third-order valence-electron chi connectivity index (χ3n) is 3.51. The number of benzene rings is 2. The molecule has 5 nitrogen and oxygen atoms in total. The summed E-state index contributed by atoms with van der Waals surface area (Å²) in [6.07, 6.45) is 0. The van der Waals surface area contributed by atoms with Crippen LogP contribution in [0.25, 0.3) is 0 Å². The molecule has 0 heterocycles. The van der Waals surface area contributed by atoms with Crippen molar-refractivity contribution in [2.45, 2.75) is 13.5 Å². The van der Waals surface area contributed by atoms with Gasteiger partial charge in [-0.25, -0.2) is 9.59 Å². The van der Waals surface area contributed by atoms with Crippen LogP contribution < -0.4 is 5.32 Å². The number of halogens is 1. The monoisotopic (exact) mass is 346 g/mol. The van der Waals surface area contributed by atoms with Crippen molar-refractivity contribution in [2.24, 2.45) is 0 Å². The number of rotatable bonds is 5. The molecule has 0 saturated carbocycles. The highest BCUT2D eigenvalue weighted by Crippen LogP contribution is 2.24. The predicted octanol–water partition coefficient (Wildman–Crippen LogP) is 4.18. The van der Waals surface area contributed by atoms with Gasteiger partial charge in [-0.3, -0.25) is 0 Å². The Hall–Kier alpha value is -2.53. The van der Waals surface area contributed by atoms with Crippen LogP contribution in [-0.4, -0.2) is 30.6 Å². The van der Waals surface area contributed by atoms with Crippen LogP contribution in [0.3, 0.4) is 0 Å². The summed E-state index contributed by atoms with van der Waals surface area (Å²) in [4.78, 5) is 25.7. The summed E-state index contributed by atoms with van der Waals surface area (Å²) >= 11 is 6.11. The van der Waals surface area contributed by atoms with Crippen LogP contribution >= 0.6 is 11.6 Å². The fraction of sp³-hybridized carbons (Fsp3) is 0.222. The highest BCUT2D eigenvalue weighted by atomic mass is 35.5. The van der Waals surface area contributed by atoms with E-state index in [0.29, 0.717) is 29.4 Å². The fourth-order valence-corrected chi connectivity index (χ4v) is 2.36. The molecule has 0 saturated heterocycles. The van der Waals surface area contributed by atoms with Gasteiger partial charge < -0.3 is 15.0 Å². The predicted molar refractivity (Wildman–Crippen MR) is 94.3 cm³/mol. The van der Waals surface area contributed by atoms with Gasteiger partial charge in [0.15, 0.2) is 0 Å². The molecule has 0 aromatic heterocycles. The zero-order valence-corrected chi connectivity index (χ0v) is 14.3. The number of anilines is 1. The van der Waals surface area contributed by atoms with Gasteiger partial charge in [0.2, 0.25) is 0 Å². The van der Waals surface area contributed by atoms with Gasteiger partial charge in [0.05, 0.1) is 23.4 Å². The van der Waals surface area contributed by atoms with Gasteiger partial charge in [-0.15, -0.1) is 0 Å². The van der Waals surface area contributed by atoms with Crippen LogP contribution in [0.2, 0.25) is 5.02 Å². The topological polar surface area (TPSA) is 58.6 Å². The standard InChI is InChI=1S/C18H19ClN2O3/c1-3-21(12-13-7-5-4-6-8-13)18(23)20-16-11-14(17(22)24-2)9-10-15(16)19/h4-11H,3,12H2,1-2H3,(H,20,23). The van der Waals surface area contributed by atoms with E-state index in [1.165, 1.54) is 13.2 Å². The zero-order chi connectivity index (χ0) is 17.5. The lowest BCUT2D eigenvalue weighted by atomic mass is 10.2. The number of urea groups is 1. The summed E-state index contributed by atoms with van der Waals surface area (Å²) in [6.45, 7) is 2.92. The van der Waals surface area contributed by atoms with Crippen molar-refractivity contribution in [3.8, 4) is 0 Å². The fourth-order valence-electron chi connectivity index (χ4n) is 2.19. The molecule has 0 aliphatic carbocycles. The molecule has 24 heavy (non-hydrogen) atoms. The quantitative estimate of drug-likeness (QED) is 0.826. The van der Waals surface area contributed by atoms with E-state index in [9.17, 15) is 9.59 Å². The SMILES string of the molecule is CCN(Cc1ccccc1)C(=O)Nc1cc(C(=O)OC)ccc1Cl. The Morgan fingerprint density at radius 1 is 1.17 bits per heavy atom. The Labute approximate surface area is 146 Å². The largest absolute Gasteiger partial charge is 0.465 e. The lowest BCUT2D eigenvalue weighted by Gasteiger charge is -2.22. The first-order chi connectivity index (χ1) is 11.5. The van der Waals surface area contributed by atoms with Gasteiger partial charge in [-0.1, -0.05) is 41.9 Å². The molecule has 2 aromatic carbocycles. The Kier molecular flexibility index (Phi) is 6.21. The molecule has 6 heteroatoms. The van der Waals surface area contributed by atoms with Crippen LogP contribution in [0.4, 0.5) is 10.5 Å². The molecule has 0 bridgehead atoms. The minimum absolute atomic E-state index is 0.287. The highest BCUT2D eigenvalue weighted by Gasteiger charge is 2.15. The number of carbonyl (C=O) groups excluding carboxylic acids is 2.